The summed E-state index contributed by atoms with van der Waals surface area (Å²) in [5.41, 5.74) is 6.23. The van der Waals surface area contributed by atoms with E-state index in [9.17, 15) is 40.1 Å². The first kappa shape index (κ1) is 30.1. The molecule has 0 bridgehead atoms. The predicted octanol–water partition coefficient (Wildman–Crippen LogP) is -3.86. The minimum atomic E-state index is -4.80. The lowest BCUT2D eigenvalue weighted by Crippen LogP contribution is -2.61. The summed E-state index contributed by atoms with van der Waals surface area (Å²) < 4.78 is 34.9. The van der Waals surface area contributed by atoms with Crippen molar-refractivity contribution in [3.05, 3.63) is 12.7 Å². The highest BCUT2D eigenvalue weighted by atomic mass is 31.2. The van der Waals surface area contributed by atoms with Gasteiger partial charge in [-0.1, -0.05) is 0 Å². The van der Waals surface area contributed by atoms with Gasteiger partial charge in [-0.25, -0.2) is 19.5 Å². The van der Waals surface area contributed by atoms with Crippen molar-refractivity contribution >= 4 is 24.8 Å². The smallest absolute Gasteiger partial charge is 0.394 e. The molecule has 2 saturated heterocycles. The number of phosphoric acid groups is 1. The molecule has 39 heavy (non-hydrogen) atoms. The highest BCUT2D eigenvalue weighted by molar-refractivity contribution is 7.47. The summed E-state index contributed by atoms with van der Waals surface area (Å²) in [5.74, 6) is 0.0936. The van der Waals surface area contributed by atoms with Crippen LogP contribution in [0.3, 0.4) is 0 Å². The fraction of sp³-hybridized carbons (Fsp3) is 0.750. The molecule has 0 amide bonds. The van der Waals surface area contributed by atoms with Crippen LogP contribution < -0.4 is 5.73 Å². The molecule has 2 aliphatic rings. The van der Waals surface area contributed by atoms with E-state index in [2.05, 4.69) is 15.0 Å². The summed E-state index contributed by atoms with van der Waals surface area (Å²) >= 11 is 0. The van der Waals surface area contributed by atoms with Gasteiger partial charge in [-0.05, 0) is 6.92 Å². The number of hydrogen-bond acceptors (Lipinski definition) is 16. The van der Waals surface area contributed by atoms with E-state index in [1.807, 2.05) is 0 Å². The molecule has 0 radical (unpaired) electrons. The van der Waals surface area contributed by atoms with Crippen molar-refractivity contribution < 1.29 is 63.7 Å². The van der Waals surface area contributed by atoms with Crippen molar-refractivity contribution in [2.45, 2.75) is 80.6 Å². The summed E-state index contributed by atoms with van der Waals surface area (Å²) in [6.07, 6.45) is -13.7. The van der Waals surface area contributed by atoms with E-state index in [-0.39, 0.29) is 23.4 Å². The topological polar surface area (TPSA) is 285 Å². The molecular formula is C20H32N5O13P. The summed E-state index contributed by atoms with van der Waals surface area (Å²) in [6.45, 7) is -0.112. The molecule has 4 heterocycles. The minimum absolute atomic E-state index is 0.0936. The SMILES string of the molecule is C[C@H](C[C@@H]1O[C@H]([C@@H](O)CO)[C@@H](O)[C@H](O)[C@@H]1O)OP(=O)(O)OC[C@H]1O[C@@H](n2cnc3c(N)ncnc32)[C@H](O)[C@@H]1O. The van der Waals surface area contributed by atoms with Crippen LogP contribution >= 0.6 is 7.82 Å². The Hall–Kier alpha value is -1.90. The highest BCUT2D eigenvalue weighted by Crippen LogP contribution is 2.46. The third-order valence-electron chi connectivity index (χ3n) is 6.59. The van der Waals surface area contributed by atoms with Crippen LogP contribution in [-0.4, -0.2) is 134 Å². The Morgan fingerprint density at radius 3 is 2.44 bits per heavy atom. The van der Waals surface area contributed by atoms with E-state index < -0.39 is 88.3 Å². The van der Waals surface area contributed by atoms with E-state index >= 15 is 0 Å². The van der Waals surface area contributed by atoms with Crippen molar-refractivity contribution in [3.63, 3.8) is 0 Å². The molecule has 2 aromatic heterocycles. The third-order valence-corrected chi connectivity index (χ3v) is 7.69. The summed E-state index contributed by atoms with van der Waals surface area (Å²) in [6, 6.07) is 0. The summed E-state index contributed by atoms with van der Waals surface area (Å²) in [7, 11) is -4.80. The number of ether oxygens (including phenoxy) is 2. The first-order chi connectivity index (χ1) is 18.3. The first-order valence-corrected chi connectivity index (χ1v) is 13.4. The average Bonchev–Trinajstić information content (AvgIpc) is 3.44. The Balaban J connectivity index is 1.34. The lowest BCUT2D eigenvalue weighted by molar-refractivity contribution is -0.249. The van der Waals surface area contributed by atoms with Crippen LogP contribution in [-0.2, 0) is 23.1 Å². The van der Waals surface area contributed by atoms with E-state index in [0.717, 1.165) is 0 Å². The van der Waals surface area contributed by atoms with Crippen LogP contribution in [0.4, 0.5) is 5.82 Å². The fourth-order valence-electron chi connectivity index (χ4n) is 4.54. The zero-order chi connectivity index (χ0) is 28.6. The van der Waals surface area contributed by atoms with Crippen molar-refractivity contribution in [1.82, 2.24) is 19.5 Å². The second-order valence-corrected chi connectivity index (χ2v) is 10.8. The zero-order valence-electron chi connectivity index (χ0n) is 20.6. The van der Waals surface area contributed by atoms with E-state index in [1.165, 1.54) is 24.1 Å². The van der Waals surface area contributed by atoms with Gasteiger partial charge in [0.1, 0.15) is 60.7 Å². The van der Waals surface area contributed by atoms with Gasteiger partial charge in [-0.3, -0.25) is 13.6 Å². The Bertz CT molecular complexity index is 1170. The summed E-state index contributed by atoms with van der Waals surface area (Å²) in [4.78, 5) is 22.1. The molecule has 18 nitrogen and oxygen atoms in total. The maximum Gasteiger partial charge on any atom is 0.472 e. The van der Waals surface area contributed by atoms with Crippen molar-refractivity contribution in [3.8, 4) is 0 Å². The second-order valence-electron chi connectivity index (χ2n) is 9.41. The average molecular weight is 581 g/mol. The standard InChI is InChI=1S/C20H32N5O13P/c1-7(2-9-12(28)14(30)15(31)17(36-9)8(27)3-26)38-39(33,34)35-4-10-13(29)16(32)20(37-10)25-6-24-11-18(21)22-5-23-19(11)25/h5-10,12-17,20,26-32H,2-4H2,1H3,(H,33,34)(H2,21,22,23)/t7-,8+,9+,10-,12-,13-,14-,15+,16-,17-,20-/m1/s1. The monoisotopic (exact) mass is 581 g/mol. The Labute approximate surface area is 220 Å². The number of anilines is 1. The normalized spacial score (nSPS) is 36.6. The lowest BCUT2D eigenvalue weighted by atomic mass is 9.90. The third kappa shape index (κ3) is 6.23. The van der Waals surface area contributed by atoms with Gasteiger partial charge in [-0.2, -0.15) is 0 Å². The van der Waals surface area contributed by atoms with E-state index in [4.69, 9.17) is 29.4 Å². The number of hydrogen-bond donors (Lipinski definition) is 9. The van der Waals surface area contributed by atoms with Gasteiger partial charge in [0, 0.05) is 6.42 Å². The number of fused-ring (bicyclic) bond motifs is 1. The maximum atomic E-state index is 12.5. The Kier molecular flexibility index (Phi) is 9.18. The number of aliphatic hydroxyl groups excluding tert-OH is 7. The minimum Gasteiger partial charge on any atom is -0.394 e. The second kappa shape index (κ2) is 11.9. The van der Waals surface area contributed by atoms with Crippen LogP contribution in [0.25, 0.3) is 11.2 Å². The van der Waals surface area contributed by atoms with Gasteiger partial charge in [0.2, 0.25) is 0 Å². The molecule has 2 aromatic rings. The quantitative estimate of drug-likeness (QED) is 0.121. The van der Waals surface area contributed by atoms with Crippen molar-refractivity contribution in [1.29, 1.82) is 0 Å². The van der Waals surface area contributed by atoms with Crippen molar-refractivity contribution in [2.24, 2.45) is 0 Å². The van der Waals surface area contributed by atoms with Gasteiger partial charge in [0.15, 0.2) is 17.7 Å². The molecule has 220 valence electrons. The van der Waals surface area contributed by atoms with Crippen LogP contribution in [0.15, 0.2) is 12.7 Å². The predicted molar refractivity (Wildman–Crippen MR) is 126 cm³/mol. The molecule has 10 N–H and O–H groups in total. The largest absolute Gasteiger partial charge is 0.472 e. The molecule has 12 atom stereocenters. The zero-order valence-corrected chi connectivity index (χ0v) is 21.5. The molecular weight excluding hydrogens is 549 g/mol. The molecule has 4 rings (SSSR count). The molecule has 19 heteroatoms. The molecule has 1 unspecified atom stereocenters. The number of nitrogen functional groups attached to an aromatic ring is 1. The Morgan fingerprint density at radius 2 is 1.74 bits per heavy atom. The van der Waals surface area contributed by atoms with Crippen LogP contribution in [0.1, 0.15) is 19.6 Å². The van der Waals surface area contributed by atoms with Gasteiger partial charge in [0.25, 0.3) is 0 Å². The number of phosphoric ester groups is 1. The molecule has 0 aromatic carbocycles. The van der Waals surface area contributed by atoms with Gasteiger partial charge in [-0.15, -0.1) is 0 Å². The van der Waals surface area contributed by atoms with Crippen LogP contribution in [0.5, 0.6) is 0 Å². The van der Waals surface area contributed by atoms with Crippen LogP contribution in [0, 0.1) is 0 Å². The first-order valence-electron chi connectivity index (χ1n) is 11.9. The van der Waals surface area contributed by atoms with Gasteiger partial charge < -0.3 is 55.8 Å². The number of imidazole rings is 1. The molecule has 0 aliphatic carbocycles. The van der Waals surface area contributed by atoms with E-state index in [1.54, 1.807) is 0 Å². The fourth-order valence-corrected chi connectivity index (χ4v) is 5.48. The summed E-state index contributed by atoms with van der Waals surface area (Å²) in [5, 5.41) is 70.2. The van der Waals surface area contributed by atoms with Crippen molar-refractivity contribution in [2.75, 3.05) is 18.9 Å². The number of nitrogens with zero attached hydrogens (tertiary/aromatic N) is 4. The number of aromatic nitrogens is 4. The van der Waals surface area contributed by atoms with Crippen LogP contribution in [0.2, 0.25) is 0 Å². The highest BCUT2D eigenvalue weighted by Gasteiger charge is 2.48. The van der Waals surface area contributed by atoms with E-state index in [0.29, 0.717) is 0 Å². The number of aliphatic hydroxyl groups is 7. The molecule has 0 saturated carbocycles. The molecule has 2 aliphatic heterocycles. The van der Waals surface area contributed by atoms with Gasteiger partial charge in [0.05, 0.1) is 31.7 Å². The maximum absolute atomic E-state index is 12.5. The number of nitrogens with two attached hydrogens (primary N) is 1. The Morgan fingerprint density at radius 1 is 1.05 bits per heavy atom. The molecule has 0 spiro atoms. The number of rotatable bonds is 10. The van der Waals surface area contributed by atoms with Gasteiger partial charge >= 0.3 is 7.82 Å². The lowest BCUT2D eigenvalue weighted by Gasteiger charge is -2.42. The molecule has 2 fully saturated rings.